The summed E-state index contributed by atoms with van der Waals surface area (Å²) in [5, 5.41) is 5.89. The van der Waals surface area contributed by atoms with E-state index in [-0.39, 0.29) is 23.8 Å². The summed E-state index contributed by atoms with van der Waals surface area (Å²) in [6.45, 7) is 11.5. The third-order valence-corrected chi connectivity index (χ3v) is 7.56. The number of alkyl carbamates (subject to hydrolysis) is 1. The highest BCUT2D eigenvalue weighted by molar-refractivity contribution is 7.98. The highest BCUT2D eigenvalue weighted by Crippen LogP contribution is 2.41. The van der Waals surface area contributed by atoms with E-state index < -0.39 is 23.8 Å². The third kappa shape index (κ3) is 8.49. The van der Waals surface area contributed by atoms with E-state index in [0.717, 1.165) is 29.5 Å². The first-order valence-corrected chi connectivity index (χ1v) is 15.1. The average molecular weight is 554 g/mol. The van der Waals surface area contributed by atoms with E-state index in [1.807, 2.05) is 61.7 Å². The fourth-order valence-corrected chi connectivity index (χ4v) is 5.05. The number of rotatable bonds is 11. The second kappa shape index (κ2) is 13.4. The molecule has 8 heteroatoms. The largest absolute Gasteiger partial charge is 0.444 e. The number of para-hydroxylation sites is 1. The maximum absolute atomic E-state index is 14.3. The van der Waals surface area contributed by atoms with Crippen molar-refractivity contribution in [1.82, 2.24) is 10.2 Å². The molecule has 2 N–H and O–H groups in total. The third-order valence-electron chi connectivity index (χ3n) is 6.91. The molecule has 3 amide bonds. The monoisotopic (exact) mass is 553 g/mol. The van der Waals surface area contributed by atoms with Gasteiger partial charge >= 0.3 is 6.09 Å². The van der Waals surface area contributed by atoms with Gasteiger partial charge in [0.2, 0.25) is 5.91 Å². The minimum absolute atomic E-state index is 0.104. The van der Waals surface area contributed by atoms with Crippen LogP contribution < -0.4 is 10.6 Å². The summed E-state index contributed by atoms with van der Waals surface area (Å²) in [5.74, 6) is 0.377. The number of anilines is 1. The highest BCUT2D eigenvalue weighted by Gasteiger charge is 2.48. The lowest BCUT2D eigenvalue weighted by Gasteiger charge is -2.35. The molecule has 4 atom stereocenters. The Morgan fingerprint density at radius 3 is 2.28 bits per heavy atom. The number of benzene rings is 2. The number of ether oxygens (including phenoxy) is 1. The molecular weight excluding hydrogens is 510 g/mol. The summed E-state index contributed by atoms with van der Waals surface area (Å²) in [7, 11) is 0. The van der Waals surface area contributed by atoms with E-state index in [4.69, 9.17) is 4.74 Å². The molecule has 2 aromatic carbocycles. The Kier molecular flexibility index (Phi) is 10.5. The summed E-state index contributed by atoms with van der Waals surface area (Å²) < 4.78 is 5.48. The van der Waals surface area contributed by atoms with E-state index in [2.05, 4.69) is 24.5 Å². The smallest absolute Gasteiger partial charge is 0.408 e. The van der Waals surface area contributed by atoms with Gasteiger partial charge in [-0.1, -0.05) is 56.3 Å². The number of amides is 3. The lowest BCUT2D eigenvalue weighted by atomic mass is 9.99. The normalized spacial score (nSPS) is 18.0. The van der Waals surface area contributed by atoms with Gasteiger partial charge in [0, 0.05) is 11.7 Å². The molecule has 0 radical (unpaired) electrons. The van der Waals surface area contributed by atoms with Crippen molar-refractivity contribution in [3.05, 3.63) is 65.2 Å². The van der Waals surface area contributed by atoms with Crippen molar-refractivity contribution in [2.45, 2.75) is 84.5 Å². The minimum Gasteiger partial charge on any atom is -0.444 e. The summed E-state index contributed by atoms with van der Waals surface area (Å²) >= 11 is 1.60. The lowest BCUT2D eigenvalue weighted by Crippen LogP contribution is -2.53. The number of hydrogen-bond acceptors (Lipinski definition) is 5. The fraction of sp³-hybridized carbons (Fsp3) is 0.516. The number of nitrogens with one attached hydrogen (secondary N) is 2. The molecule has 39 heavy (non-hydrogen) atoms. The van der Waals surface area contributed by atoms with Crippen LogP contribution in [-0.4, -0.2) is 52.5 Å². The van der Waals surface area contributed by atoms with Gasteiger partial charge in [0.15, 0.2) is 0 Å². The Balaban J connectivity index is 2.02. The van der Waals surface area contributed by atoms with Crippen LogP contribution in [0.1, 0.15) is 70.2 Å². The maximum atomic E-state index is 14.3. The Labute approximate surface area is 237 Å². The lowest BCUT2D eigenvalue weighted by molar-refractivity contribution is -0.141. The standard InChI is InChI=1S/C31H43N3O4S/c1-8-22-13-15-23(16-14-22)27(28(35)32-24-12-10-9-11-20(24)2)34(26-19-21(26)3)29(36)25(17-18-39-7)33-30(37)38-31(4,5)6/h9-16,21,25-27H,8,17-19H2,1-7H3,(H,32,35)(H,33,37). The molecule has 1 fully saturated rings. The quantitative estimate of drug-likeness (QED) is 0.350. The fourth-order valence-electron chi connectivity index (χ4n) is 4.58. The number of carbonyl (C=O) groups excluding carboxylic acids is 3. The predicted octanol–water partition coefficient (Wildman–Crippen LogP) is 6.12. The van der Waals surface area contributed by atoms with E-state index in [0.29, 0.717) is 17.9 Å². The van der Waals surface area contributed by atoms with Gasteiger partial charge in [0.1, 0.15) is 17.7 Å². The van der Waals surface area contributed by atoms with Crippen LogP contribution in [0.4, 0.5) is 10.5 Å². The van der Waals surface area contributed by atoms with Crippen LogP contribution in [0.5, 0.6) is 0 Å². The molecule has 1 aliphatic rings. The van der Waals surface area contributed by atoms with Crippen molar-refractivity contribution in [3.8, 4) is 0 Å². The molecule has 1 aliphatic carbocycles. The maximum Gasteiger partial charge on any atom is 0.408 e. The van der Waals surface area contributed by atoms with Crippen molar-refractivity contribution in [1.29, 1.82) is 0 Å². The second-order valence-corrected chi connectivity index (χ2v) is 12.3. The Morgan fingerprint density at radius 2 is 1.74 bits per heavy atom. The van der Waals surface area contributed by atoms with Gasteiger partial charge in [-0.15, -0.1) is 0 Å². The molecule has 0 aromatic heterocycles. The molecule has 1 saturated carbocycles. The topological polar surface area (TPSA) is 87.7 Å². The zero-order valence-electron chi connectivity index (χ0n) is 24.2. The summed E-state index contributed by atoms with van der Waals surface area (Å²) in [6.07, 6.45) is 3.42. The molecular formula is C31H43N3O4S. The van der Waals surface area contributed by atoms with Gasteiger partial charge in [-0.3, -0.25) is 9.59 Å². The number of thioether (sulfide) groups is 1. The van der Waals surface area contributed by atoms with Crippen LogP contribution >= 0.6 is 11.8 Å². The zero-order chi connectivity index (χ0) is 28.7. The van der Waals surface area contributed by atoms with Gasteiger partial charge in [-0.25, -0.2) is 4.79 Å². The van der Waals surface area contributed by atoms with Crippen molar-refractivity contribution >= 4 is 35.4 Å². The Morgan fingerprint density at radius 1 is 1.10 bits per heavy atom. The van der Waals surface area contributed by atoms with Crippen LogP contribution in [0, 0.1) is 12.8 Å². The van der Waals surface area contributed by atoms with Gasteiger partial charge in [0.05, 0.1) is 0 Å². The van der Waals surface area contributed by atoms with E-state index >= 15 is 0 Å². The van der Waals surface area contributed by atoms with Gasteiger partial charge < -0.3 is 20.3 Å². The van der Waals surface area contributed by atoms with Gasteiger partial charge in [0.25, 0.3) is 5.91 Å². The van der Waals surface area contributed by atoms with Crippen LogP contribution in [-0.2, 0) is 20.7 Å². The molecule has 0 heterocycles. The van der Waals surface area contributed by atoms with Crippen LogP contribution in [0.15, 0.2) is 48.5 Å². The first-order valence-electron chi connectivity index (χ1n) is 13.7. The number of nitrogens with zero attached hydrogens (tertiary/aromatic N) is 1. The number of hydrogen-bond donors (Lipinski definition) is 2. The first-order chi connectivity index (χ1) is 18.4. The zero-order valence-corrected chi connectivity index (χ0v) is 25.1. The first kappa shape index (κ1) is 30.5. The van der Waals surface area contributed by atoms with Crippen molar-refractivity contribution in [2.75, 3.05) is 17.3 Å². The van der Waals surface area contributed by atoms with Crippen molar-refractivity contribution < 1.29 is 19.1 Å². The number of aryl methyl sites for hydroxylation is 2. The summed E-state index contributed by atoms with van der Waals surface area (Å²) in [4.78, 5) is 42.8. The number of carbonyl (C=O) groups is 3. The van der Waals surface area contributed by atoms with E-state index in [1.54, 1.807) is 37.4 Å². The van der Waals surface area contributed by atoms with Crippen LogP contribution in [0.3, 0.4) is 0 Å². The van der Waals surface area contributed by atoms with Crippen molar-refractivity contribution in [3.63, 3.8) is 0 Å². The molecule has 7 nitrogen and oxygen atoms in total. The second-order valence-electron chi connectivity index (χ2n) is 11.3. The van der Waals surface area contributed by atoms with E-state index in [9.17, 15) is 14.4 Å². The highest BCUT2D eigenvalue weighted by atomic mass is 32.2. The summed E-state index contributed by atoms with van der Waals surface area (Å²) in [5.41, 5.74) is 2.84. The predicted molar refractivity (Wildman–Crippen MR) is 159 cm³/mol. The molecule has 0 spiro atoms. The van der Waals surface area contributed by atoms with Crippen LogP contribution in [0.25, 0.3) is 0 Å². The molecule has 4 unspecified atom stereocenters. The van der Waals surface area contributed by atoms with Gasteiger partial charge in [-0.05, 0) is 87.6 Å². The molecule has 0 bridgehead atoms. The molecule has 212 valence electrons. The van der Waals surface area contributed by atoms with Gasteiger partial charge in [-0.2, -0.15) is 11.8 Å². The SMILES string of the molecule is CCc1ccc(C(C(=O)Nc2ccccc2C)N(C(=O)C(CCSC)NC(=O)OC(C)(C)C)C2CC2C)cc1. The Hall–Kier alpha value is -3.00. The summed E-state index contributed by atoms with van der Waals surface area (Å²) in [6, 6.07) is 13.7. The minimum atomic E-state index is -0.852. The molecule has 2 aromatic rings. The van der Waals surface area contributed by atoms with E-state index in [1.165, 1.54) is 0 Å². The van der Waals surface area contributed by atoms with Crippen LogP contribution in [0.2, 0.25) is 0 Å². The molecule has 0 aliphatic heterocycles. The van der Waals surface area contributed by atoms with Crippen molar-refractivity contribution in [2.24, 2.45) is 5.92 Å². The average Bonchev–Trinajstić information content (AvgIpc) is 3.60. The Bertz CT molecular complexity index is 1150. The molecule has 0 saturated heterocycles. The molecule has 3 rings (SSSR count).